The molecule has 90 valence electrons. The highest BCUT2D eigenvalue weighted by molar-refractivity contribution is 5.58. The molecule has 0 radical (unpaired) electrons. The summed E-state index contributed by atoms with van der Waals surface area (Å²) in [7, 11) is 0. The summed E-state index contributed by atoms with van der Waals surface area (Å²) in [5.74, 6) is 0.828. The molecule has 1 N–H and O–H groups in total. The zero-order chi connectivity index (χ0) is 12.3. The fourth-order valence-corrected chi connectivity index (χ4v) is 1.64. The Morgan fingerprint density at radius 1 is 1.29 bits per heavy atom. The Morgan fingerprint density at radius 3 is 2.82 bits per heavy atom. The first-order valence-electron chi connectivity index (χ1n) is 5.91. The molecule has 0 spiro atoms. The molecule has 1 heterocycles. The fraction of sp³-hybridized carbons (Fsp3) is 0.357. The van der Waals surface area contributed by atoms with Crippen molar-refractivity contribution in [3.8, 4) is 11.3 Å². The summed E-state index contributed by atoms with van der Waals surface area (Å²) in [5.41, 5.74) is 3.24. The van der Waals surface area contributed by atoms with Crippen LogP contribution >= 0.6 is 0 Å². The summed E-state index contributed by atoms with van der Waals surface area (Å²) < 4.78 is 5.35. The van der Waals surface area contributed by atoms with Crippen LogP contribution in [0.2, 0.25) is 0 Å². The number of aromatic nitrogens is 1. The van der Waals surface area contributed by atoms with Crippen LogP contribution in [-0.2, 0) is 6.54 Å². The van der Waals surface area contributed by atoms with Crippen LogP contribution in [0.15, 0.2) is 34.9 Å². The fourth-order valence-electron chi connectivity index (χ4n) is 1.64. The molecule has 0 saturated heterocycles. The van der Waals surface area contributed by atoms with Gasteiger partial charge in [-0.25, -0.2) is 0 Å². The minimum Gasteiger partial charge on any atom is -0.356 e. The number of nitrogens with zero attached hydrogens (tertiary/aromatic N) is 1. The van der Waals surface area contributed by atoms with E-state index in [1.54, 1.807) is 0 Å². The Labute approximate surface area is 102 Å². The third-order valence-corrected chi connectivity index (χ3v) is 2.55. The molecule has 0 fully saturated rings. The molecular formula is C14H18N2O. The smallest absolute Gasteiger partial charge is 0.167 e. The molecule has 3 heteroatoms. The second-order valence-electron chi connectivity index (χ2n) is 4.59. The molecule has 0 unspecified atom stereocenters. The van der Waals surface area contributed by atoms with E-state index < -0.39 is 0 Å². The number of rotatable bonds is 4. The number of hydrogen-bond donors (Lipinski definition) is 1. The molecule has 1 aromatic heterocycles. The Hall–Kier alpha value is -1.61. The molecule has 0 atom stereocenters. The highest BCUT2D eigenvalue weighted by Gasteiger charge is 2.06. The molecule has 17 heavy (non-hydrogen) atoms. The summed E-state index contributed by atoms with van der Waals surface area (Å²) in [4.78, 5) is 0. The maximum atomic E-state index is 5.35. The Bertz CT molecular complexity index is 488. The third kappa shape index (κ3) is 3.17. The lowest BCUT2D eigenvalue weighted by Crippen LogP contribution is -2.21. The summed E-state index contributed by atoms with van der Waals surface area (Å²) in [6.07, 6.45) is 0. The Morgan fingerprint density at radius 2 is 2.12 bits per heavy atom. The largest absolute Gasteiger partial charge is 0.356 e. The topological polar surface area (TPSA) is 38.1 Å². The molecule has 0 aliphatic carbocycles. The summed E-state index contributed by atoms with van der Waals surface area (Å²) in [5, 5.41) is 7.37. The van der Waals surface area contributed by atoms with Gasteiger partial charge in [0.05, 0.1) is 5.69 Å². The third-order valence-electron chi connectivity index (χ3n) is 2.55. The normalized spacial score (nSPS) is 11.1. The van der Waals surface area contributed by atoms with Gasteiger partial charge in [-0.3, -0.25) is 0 Å². The molecule has 2 aromatic rings. The van der Waals surface area contributed by atoms with E-state index in [0.29, 0.717) is 6.04 Å². The van der Waals surface area contributed by atoms with Gasteiger partial charge in [-0.1, -0.05) is 42.8 Å². The van der Waals surface area contributed by atoms with Gasteiger partial charge in [-0.05, 0) is 13.0 Å². The van der Waals surface area contributed by atoms with E-state index in [0.717, 1.165) is 23.6 Å². The van der Waals surface area contributed by atoms with Gasteiger partial charge in [0, 0.05) is 24.2 Å². The second-order valence-corrected chi connectivity index (χ2v) is 4.59. The predicted molar refractivity (Wildman–Crippen MR) is 68.7 cm³/mol. The van der Waals surface area contributed by atoms with Crippen LogP contribution in [0.4, 0.5) is 0 Å². The van der Waals surface area contributed by atoms with Crippen LogP contribution in [-0.4, -0.2) is 11.2 Å². The molecule has 0 amide bonds. The average Bonchev–Trinajstić information content (AvgIpc) is 2.75. The van der Waals surface area contributed by atoms with Crippen LogP contribution in [0.3, 0.4) is 0 Å². The molecule has 2 rings (SSSR count). The first-order chi connectivity index (χ1) is 8.15. The molecule has 3 nitrogen and oxygen atoms in total. The second kappa shape index (κ2) is 5.15. The van der Waals surface area contributed by atoms with Crippen LogP contribution in [0.25, 0.3) is 11.3 Å². The van der Waals surface area contributed by atoms with Crippen molar-refractivity contribution in [1.82, 2.24) is 10.5 Å². The lowest BCUT2D eigenvalue weighted by atomic mass is 10.1. The quantitative estimate of drug-likeness (QED) is 0.876. The maximum absolute atomic E-state index is 5.35. The molecular weight excluding hydrogens is 212 g/mol. The first-order valence-corrected chi connectivity index (χ1v) is 5.91. The number of nitrogens with one attached hydrogen (secondary N) is 1. The molecule has 0 aliphatic heterocycles. The van der Waals surface area contributed by atoms with Gasteiger partial charge in [-0.15, -0.1) is 0 Å². The van der Waals surface area contributed by atoms with Gasteiger partial charge >= 0.3 is 0 Å². The Kier molecular flexibility index (Phi) is 3.59. The number of aryl methyl sites for hydroxylation is 1. The van der Waals surface area contributed by atoms with E-state index in [4.69, 9.17) is 4.52 Å². The minimum atomic E-state index is 0.453. The average molecular weight is 230 g/mol. The SMILES string of the molecule is Cc1cccc(-c2cc(CNC(C)C)no2)c1. The number of benzene rings is 1. The van der Waals surface area contributed by atoms with Crippen LogP contribution in [0.1, 0.15) is 25.1 Å². The first kappa shape index (κ1) is 11.9. The monoisotopic (exact) mass is 230 g/mol. The number of hydrogen-bond acceptors (Lipinski definition) is 3. The Balaban J connectivity index is 2.12. The minimum absolute atomic E-state index is 0.453. The predicted octanol–water partition coefficient (Wildman–Crippen LogP) is 3.15. The van der Waals surface area contributed by atoms with E-state index in [1.165, 1.54) is 5.56 Å². The zero-order valence-electron chi connectivity index (χ0n) is 10.5. The van der Waals surface area contributed by atoms with Crippen molar-refractivity contribution >= 4 is 0 Å². The molecule has 0 saturated carbocycles. The van der Waals surface area contributed by atoms with Gasteiger partial charge in [0.15, 0.2) is 5.76 Å². The van der Waals surface area contributed by atoms with Crippen molar-refractivity contribution in [2.75, 3.05) is 0 Å². The highest BCUT2D eigenvalue weighted by atomic mass is 16.5. The van der Waals surface area contributed by atoms with E-state index in [2.05, 4.69) is 43.4 Å². The van der Waals surface area contributed by atoms with Crippen molar-refractivity contribution in [3.05, 3.63) is 41.6 Å². The summed E-state index contributed by atoms with van der Waals surface area (Å²) in [6, 6.07) is 10.7. The summed E-state index contributed by atoms with van der Waals surface area (Å²) in [6.45, 7) is 7.04. The van der Waals surface area contributed by atoms with Crippen molar-refractivity contribution in [1.29, 1.82) is 0 Å². The van der Waals surface area contributed by atoms with Gasteiger partial charge in [0.25, 0.3) is 0 Å². The van der Waals surface area contributed by atoms with Gasteiger partial charge in [-0.2, -0.15) is 0 Å². The van der Waals surface area contributed by atoms with Crippen LogP contribution < -0.4 is 5.32 Å². The van der Waals surface area contributed by atoms with Gasteiger partial charge in [0.2, 0.25) is 0 Å². The highest BCUT2D eigenvalue weighted by Crippen LogP contribution is 2.21. The van der Waals surface area contributed by atoms with E-state index in [1.807, 2.05) is 18.2 Å². The maximum Gasteiger partial charge on any atom is 0.167 e. The summed E-state index contributed by atoms with van der Waals surface area (Å²) >= 11 is 0. The molecule has 0 aliphatic rings. The van der Waals surface area contributed by atoms with E-state index in [-0.39, 0.29) is 0 Å². The van der Waals surface area contributed by atoms with Gasteiger partial charge in [0.1, 0.15) is 0 Å². The zero-order valence-corrected chi connectivity index (χ0v) is 10.5. The van der Waals surface area contributed by atoms with E-state index >= 15 is 0 Å². The van der Waals surface area contributed by atoms with Crippen molar-refractivity contribution in [3.63, 3.8) is 0 Å². The lowest BCUT2D eigenvalue weighted by Gasteiger charge is -2.03. The van der Waals surface area contributed by atoms with Crippen molar-refractivity contribution in [2.24, 2.45) is 0 Å². The standard InChI is InChI=1S/C14H18N2O/c1-10(2)15-9-13-8-14(17-16-13)12-6-4-5-11(3)7-12/h4-8,10,15H,9H2,1-3H3. The van der Waals surface area contributed by atoms with Gasteiger partial charge < -0.3 is 9.84 Å². The van der Waals surface area contributed by atoms with Crippen LogP contribution in [0.5, 0.6) is 0 Å². The van der Waals surface area contributed by atoms with E-state index in [9.17, 15) is 0 Å². The molecule has 0 bridgehead atoms. The molecule has 1 aromatic carbocycles. The van der Waals surface area contributed by atoms with Crippen LogP contribution in [0, 0.1) is 6.92 Å². The van der Waals surface area contributed by atoms with Crippen molar-refractivity contribution in [2.45, 2.75) is 33.4 Å². The lowest BCUT2D eigenvalue weighted by molar-refractivity contribution is 0.417. The van der Waals surface area contributed by atoms with Crippen molar-refractivity contribution < 1.29 is 4.52 Å².